The van der Waals surface area contributed by atoms with Crippen molar-refractivity contribution < 1.29 is 12.8 Å². The van der Waals surface area contributed by atoms with Crippen molar-refractivity contribution in [2.75, 3.05) is 24.6 Å². The Morgan fingerprint density at radius 1 is 1.36 bits per heavy atom. The van der Waals surface area contributed by atoms with Crippen LogP contribution in [0, 0.1) is 0 Å². The highest BCUT2D eigenvalue weighted by Gasteiger charge is 2.21. The van der Waals surface area contributed by atoms with Crippen LogP contribution in [0.1, 0.15) is 5.56 Å². The van der Waals surface area contributed by atoms with Gasteiger partial charge >= 0.3 is 0 Å². The maximum absolute atomic E-state index is 11.2. The zero-order chi connectivity index (χ0) is 10.0. The van der Waals surface area contributed by atoms with E-state index in [4.69, 9.17) is 4.42 Å². The van der Waals surface area contributed by atoms with Gasteiger partial charge in [0.25, 0.3) is 0 Å². The molecule has 1 aromatic heterocycles. The highest BCUT2D eigenvalue weighted by atomic mass is 32.2. The first-order valence-corrected chi connectivity index (χ1v) is 6.42. The molecule has 1 saturated heterocycles. The van der Waals surface area contributed by atoms with E-state index in [-0.39, 0.29) is 11.5 Å². The van der Waals surface area contributed by atoms with Crippen molar-refractivity contribution in [2.24, 2.45) is 0 Å². The first-order valence-electron chi connectivity index (χ1n) is 4.60. The molecule has 2 heterocycles. The van der Waals surface area contributed by atoms with E-state index in [9.17, 15) is 8.42 Å². The van der Waals surface area contributed by atoms with Crippen LogP contribution in [-0.2, 0) is 16.4 Å². The van der Waals surface area contributed by atoms with Crippen LogP contribution in [0.2, 0.25) is 0 Å². The molecule has 0 aliphatic carbocycles. The molecule has 1 fully saturated rings. The summed E-state index contributed by atoms with van der Waals surface area (Å²) in [6.07, 6.45) is 3.33. The second-order valence-electron chi connectivity index (χ2n) is 3.56. The van der Waals surface area contributed by atoms with Crippen LogP contribution in [0.5, 0.6) is 0 Å². The average Bonchev–Trinajstić information content (AvgIpc) is 2.61. The van der Waals surface area contributed by atoms with Crippen LogP contribution in [0.15, 0.2) is 23.0 Å². The number of rotatable bonds is 2. The van der Waals surface area contributed by atoms with Gasteiger partial charge in [0.05, 0.1) is 24.0 Å². The minimum absolute atomic E-state index is 0.283. The first kappa shape index (κ1) is 9.73. The molecule has 1 aliphatic heterocycles. The molecule has 14 heavy (non-hydrogen) atoms. The van der Waals surface area contributed by atoms with Crippen molar-refractivity contribution in [3.63, 3.8) is 0 Å². The Labute approximate surface area is 83.4 Å². The molecule has 0 saturated carbocycles. The second kappa shape index (κ2) is 3.74. The fourth-order valence-corrected chi connectivity index (χ4v) is 2.83. The number of hydrogen-bond donors (Lipinski definition) is 0. The van der Waals surface area contributed by atoms with Gasteiger partial charge in [-0.2, -0.15) is 0 Å². The number of sulfone groups is 1. The third-order valence-electron chi connectivity index (χ3n) is 2.42. The van der Waals surface area contributed by atoms with E-state index >= 15 is 0 Å². The molecule has 0 atom stereocenters. The zero-order valence-corrected chi connectivity index (χ0v) is 8.66. The number of hydrogen-bond acceptors (Lipinski definition) is 4. The summed E-state index contributed by atoms with van der Waals surface area (Å²) in [5.41, 5.74) is 1.10. The molecule has 0 radical (unpaired) electrons. The van der Waals surface area contributed by atoms with Gasteiger partial charge in [0.2, 0.25) is 0 Å². The van der Waals surface area contributed by atoms with Crippen molar-refractivity contribution in [3.8, 4) is 0 Å². The standard InChI is InChI=1S/C9H13NO3S/c11-14(12)5-2-10(3-6-14)7-9-1-4-13-8-9/h1,4,8H,2-3,5-7H2. The largest absolute Gasteiger partial charge is 0.472 e. The van der Waals surface area contributed by atoms with Gasteiger partial charge < -0.3 is 4.42 Å². The molecule has 1 aliphatic rings. The van der Waals surface area contributed by atoms with Crippen molar-refractivity contribution in [1.29, 1.82) is 0 Å². The molecule has 5 heteroatoms. The van der Waals surface area contributed by atoms with Crippen LogP contribution >= 0.6 is 0 Å². The maximum atomic E-state index is 11.2. The number of furan rings is 1. The van der Waals surface area contributed by atoms with Crippen LogP contribution in [-0.4, -0.2) is 37.9 Å². The Hall–Kier alpha value is -0.810. The van der Waals surface area contributed by atoms with E-state index in [0.29, 0.717) is 13.1 Å². The van der Waals surface area contributed by atoms with Crippen molar-refractivity contribution in [3.05, 3.63) is 24.2 Å². The predicted molar refractivity (Wildman–Crippen MR) is 52.6 cm³/mol. The highest BCUT2D eigenvalue weighted by Crippen LogP contribution is 2.09. The monoisotopic (exact) mass is 215 g/mol. The molecule has 0 unspecified atom stereocenters. The van der Waals surface area contributed by atoms with Gasteiger partial charge in [0.15, 0.2) is 9.84 Å². The van der Waals surface area contributed by atoms with Gasteiger partial charge in [0, 0.05) is 25.2 Å². The molecule has 0 bridgehead atoms. The fraction of sp³-hybridized carbons (Fsp3) is 0.556. The first-order chi connectivity index (χ1) is 6.66. The van der Waals surface area contributed by atoms with Crippen molar-refractivity contribution >= 4 is 9.84 Å². The molecule has 1 aromatic rings. The molecular weight excluding hydrogens is 202 g/mol. The van der Waals surface area contributed by atoms with E-state index in [1.807, 2.05) is 6.07 Å². The molecule has 0 N–H and O–H groups in total. The quantitative estimate of drug-likeness (QED) is 0.721. The summed E-state index contributed by atoms with van der Waals surface area (Å²) >= 11 is 0. The Kier molecular flexibility index (Phi) is 2.60. The van der Waals surface area contributed by atoms with Gasteiger partial charge in [-0.25, -0.2) is 8.42 Å². The SMILES string of the molecule is O=S1(=O)CCN(Cc2ccoc2)CC1. The predicted octanol–water partition coefficient (Wildman–Crippen LogP) is 0.510. The summed E-state index contributed by atoms with van der Waals surface area (Å²) in [5.74, 6) is 0.565. The van der Waals surface area contributed by atoms with E-state index < -0.39 is 9.84 Å². The molecular formula is C9H13NO3S. The van der Waals surface area contributed by atoms with Crippen molar-refractivity contribution in [1.82, 2.24) is 4.90 Å². The molecule has 2 rings (SSSR count). The van der Waals surface area contributed by atoms with Crippen molar-refractivity contribution in [2.45, 2.75) is 6.54 Å². The lowest BCUT2D eigenvalue weighted by molar-refractivity contribution is 0.287. The lowest BCUT2D eigenvalue weighted by atomic mass is 10.3. The minimum Gasteiger partial charge on any atom is -0.472 e. The molecule has 0 amide bonds. The third kappa shape index (κ3) is 2.36. The molecule has 78 valence electrons. The van der Waals surface area contributed by atoms with Crippen LogP contribution in [0.4, 0.5) is 0 Å². The van der Waals surface area contributed by atoms with Gasteiger partial charge in [-0.1, -0.05) is 0 Å². The summed E-state index contributed by atoms with van der Waals surface area (Å²) < 4.78 is 27.3. The van der Waals surface area contributed by atoms with Crippen LogP contribution in [0.25, 0.3) is 0 Å². The molecule has 4 nitrogen and oxygen atoms in total. The number of nitrogens with zero attached hydrogens (tertiary/aromatic N) is 1. The average molecular weight is 215 g/mol. The Bertz CT molecular complexity index is 368. The molecule has 0 aromatic carbocycles. The minimum atomic E-state index is -2.76. The summed E-state index contributed by atoms with van der Waals surface area (Å²) in [6, 6.07) is 1.91. The smallest absolute Gasteiger partial charge is 0.152 e. The summed E-state index contributed by atoms with van der Waals surface area (Å²) in [6.45, 7) is 2.05. The topological polar surface area (TPSA) is 50.5 Å². The lowest BCUT2D eigenvalue weighted by Gasteiger charge is -2.25. The fourth-order valence-electron chi connectivity index (χ4n) is 1.55. The van der Waals surface area contributed by atoms with Gasteiger partial charge in [-0.3, -0.25) is 4.90 Å². The zero-order valence-electron chi connectivity index (χ0n) is 7.85. The van der Waals surface area contributed by atoms with E-state index in [0.717, 1.165) is 12.1 Å². The second-order valence-corrected chi connectivity index (χ2v) is 5.86. The van der Waals surface area contributed by atoms with E-state index in [1.54, 1.807) is 12.5 Å². The Morgan fingerprint density at radius 3 is 2.64 bits per heavy atom. The Morgan fingerprint density at radius 2 is 2.07 bits per heavy atom. The highest BCUT2D eigenvalue weighted by molar-refractivity contribution is 7.91. The summed E-state index contributed by atoms with van der Waals surface area (Å²) in [5, 5.41) is 0. The van der Waals surface area contributed by atoms with Gasteiger partial charge in [-0.05, 0) is 6.07 Å². The normalized spacial score (nSPS) is 22.3. The maximum Gasteiger partial charge on any atom is 0.152 e. The lowest BCUT2D eigenvalue weighted by Crippen LogP contribution is -2.39. The van der Waals surface area contributed by atoms with Crippen LogP contribution < -0.4 is 0 Å². The Balaban J connectivity index is 1.91. The third-order valence-corrected chi connectivity index (χ3v) is 4.03. The molecule has 0 spiro atoms. The van der Waals surface area contributed by atoms with Gasteiger partial charge in [-0.15, -0.1) is 0 Å². The van der Waals surface area contributed by atoms with Crippen LogP contribution in [0.3, 0.4) is 0 Å². The summed E-state index contributed by atoms with van der Waals surface area (Å²) in [4.78, 5) is 2.13. The van der Waals surface area contributed by atoms with E-state index in [1.165, 1.54) is 0 Å². The summed E-state index contributed by atoms with van der Waals surface area (Å²) in [7, 11) is -2.76. The van der Waals surface area contributed by atoms with E-state index in [2.05, 4.69) is 4.90 Å². The van der Waals surface area contributed by atoms with Gasteiger partial charge in [0.1, 0.15) is 0 Å².